The van der Waals surface area contributed by atoms with Crippen molar-refractivity contribution in [3.63, 3.8) is 0 Å². The maximum absolute atomic E-state index is 12.7. The molecule has 30 heavy (non-hydrogen) atoms. The second-order valence-corrected chi connectivity index (χ2v) is 8.21. The van der Waals surface area contributed by atoms with Crippen LogP contribution in [0.3, 0.4) is 0 Å². The van der Waals surface area contributed by atoms with Crippen LogP contribution in [0, 0.1) is 26.7 Å². The Morgan fingerprint density at radius 2 is 1.77 bits per heavy atom. The first-order valence-electron chi connectivity index (χ1n) is 10.8. The number of carbonyl (C=O) groups is 1. The van der Waals surface area contributed by atoms with Crippen molar-refractivity contribution in [1.29, 1.82) is 0 Å². The number of hydrogen-bond donors (Lipinski definition) is 1. The van der Waals surface area contributed by atoms with Crippen LogP contribution < -0.4 is 10.2 Å². The number of anilines is 1. The molecule has 1 saturated heterocycles. The smallest absolute Gasteiger partial charge is 0.231 e. The summed E-state index contributed by atoms with van der Waals surface area (Å²) in [5.41, 5.74) is 4.20. The number of fused-ring (bicyclic) bond motifs is 1. The molecule has 0 saturated carbocycles. The first-order valence-corrected chi connectivity index (χ1v) is 10.8. The van der Waals surface area contributed by atoms with Crippen molar-refractivity contribution in [2.24, 2.45) is 5.92 Å². The molecule has 1 amide bonds. The zero-order valence-corrected chi connectivity index (χ0v) is 18.3. The van der Waals surface area contributed by atoms with Gasteiger partial charge in [0, 0.05) is 31.1 Å². The van der Waals surface area contributed by atoms with Gasteiger partial charge in [0.15, 0.2) is 0 Å². The minimum atomic E-state index is 0.0433. The van der Waals surface area contributed by atoms with Gasteiger partial charge in [-0.15, -0.1) is 0 Å². The largest absolute Gasteiger partial charge is 0.443 e. The Hall–Kier alpha value is -2.89. The topological polar surface area (TPSA) is 71.3 Å². The normalized spacial score (nSPS) is 15.0. The van der Waals surface area contributed by atoms with Crippen molar-refractivity contribution in [3.05, 3.63) is 52.5 Å². The number of aryl methyl sites for hydroxylation is 4. The molecule has 6 nitrogen and oxygen atoms in total. The Balaban J connectivity index is 1.39. The summed E-state index contributed by atoms with van der Waals surface area (Å²) in [6.45, 7) is 10.2. The minimum absolute atomic E-state index is 0.0433. The van der Waals surface area contributed by atoms with Gasteiger partial charge in [0.25, 0.3) is 0 Å². The monoisotopic (exact) mass is 406 g/mol. The van der Waals surface area contributed by atoms with Crippen molar-refractivity contribution >= 4 is 22.8 Å². The van der Waals surface area contributed by atoms with Gasteiger partial charge in [-0.2, -0.15) is 4.98 Å². The molecule has 2 aromatic heterocycles. The van der Waals surface area contributed by atoms with E-state index in [1.165, 1.54) is 5.56 Å². The molecule has 6 heteroatoms. The zero-order valence-electron chi connectivity index (χ0n) is 18.3. The van der Waals surface area contributed by atoms with E-state index in [1.54, 1.807) is 0 Å². The number of aromatic nitrogens is 2. The average Bonchev–Trinajstić information content (AvgIpc) is 3.05. The van der Waals surface area contributed by atoms with Crippen LogP contribution in [0.4, 0.5) is 5.82 Å². The van der Waals surface area contributed by atoms with E-state index in [4.69, 9.17) is 9.40 Å². The number of carbonyl (C=O) groups excluding carboxylic acids is 1. The van der Waals surface area contributed by atoms with Crippen LogP contribution >= 0.6 is 0 Å². The Morgan fingerprint density at radius 3 is 2.43 bits per heavy atom. The number of hydrogen-bond acceptors (Lipinski definition) is 5. The highest BCUT2D eigenvalue weighted by Crippen LogP contribution is 2.33. The fourth-order valence-electron chi connectivity index (χ4n) is 4.14. The molecule has 0 aliphatic carbocycles. The predicted octanol–water partition coefficient (Wildman–Crippen LogP) is 4.24. The lowest BCUT2D eigenvalue weighted by Crippen LogP contribution is -2.40. The second kappa shape index (κ2) is 8.46. The van der Waals surface area contributed by atoms with E-state index in [1.807, 2.05) is 13.8 Å². The Labute approximate surface area is 177 Å². The van der Waals surface area contributed by atoms with E-state index in [2.05, 4.69) is 53.3 Å². The third kappa shape index (κ3) is 4.04. The summed E-state index contributed by atoms with van der Waals surface area (Å²) in [5.74, 6) is 2.71. The lowest BCUT2D eigenvalue weighted by atomic mass is 9.95. The van der Waals surface area contributed by atoms with E-state index < -0.39 is 0 Å². The van der Waals surface area contributed by atoms with E-state index in [0.717, 1.165) is 60.4 Å². The van der Waals surface area contributed by atoms with Crippen LogP contribution in [-0.4, -0.2) is 29.0 Å². The zero-order chi connectivity index (χ0) is 21.3. The Bertz CT molecular complexity index is 1050. The Morgan fingerprint density at radius 1 is 1.10 bits per heavy atom. The van der Waals surface area contributed by atoms with Gasteiger partial charge in [-0.25, -0.2) is 4.98 Å². The molecule has 4 rings (SSSR count). The highest BCUT2D eigenvalue weighted by Gasteiger charge is 2.28. The summed E-state index contributed by atoms with van der Waals surface area (Å²) in [5, 5.41) is 4.11. The number of rotatable bonds is 5. The van der Waals surface area contributed by atoms with E-state index >= 15 is 0 Å². The molecule has 3 heterocycles. The summed E-state index contributed by atoms with van der Waals surface area (Å²) in [6.07, 6.45) is 2.67. The maximum Gasteiger partial charge on any atom is 0.231 e. The van der Waals surface area contributed by atoms with Crippen LogP contribution in [0.2, 0.25) is 0 Å². The third-order valence-electron chi connectivity index (χ3n) is 6.18. The number of furan rings is 1. The molecule has 0 radical (unpaired) electrons. The molecule has 0 bridgehead atoms. The van der Waals surface area contributed by atoms with Crippen molar-refractivity contribution in [3.8, 4) is 0 Å². The van der Waals surface area contributed by atoms with Crippen molar-refractivity contribution in [1.82, 2.24) is 15.3 Å². The van der Waals surface area contributed by atoms with E-state index in [-0.39, 0.29) is 11.8 Å². The quantitative estimate of drug-likeness (QED) is 0.686. The summed E-state index contributed by atoms with van der Waals surface area (Å²) in [4.78, 5) is 24.1. The van der Waals surface area contributed by atoms with Crippen LogP contribution in [0.1, 0.15) is 48.0 Å². The summed E-state index contributed by atoms with van der Waals surface area (Å²) in [6, 6.07) is 8.45. The summed E-state index contributed by atoms with van der Waals surface area (Å²) >= 11 is 0. The third-order valence-corrected chi connectivity index (χ3v) is 6.18. The van der Waals surface area contributed by atoms with Gasteiger partial charge >= 0.3 is 0 Å². The molecule has 158 valence electrons. The van der Waals surface area contributed by atoms with Crippen LogP contribution in [0.15, 0.2) is 28.7 Å². The number of amides is 1. The predicted molar refractivity (Wildman–Crippen MR) is 119 cm³/mol. The molecule has 3 aromatic rings. The molecular formula is C24H30N4O2. The molecule has 1 aliphatic rings. The van der Waals surface area contributed by atoms with Gasteiger partial charge < -0.3 is 14.6 Å². The van der Waals surface area contributed by atoms with Crippen LogP contribution in [0.5, 0.6) is 0 Å². The van der Waals surface area contributed by atoms with Crippen molar-refractivity contribution in [2.75, 3.05) is 18.0 Å². The highest BCUT2D eigenvalue weighted by molar-refractivity contribution is 5.90. The number of nitrogens with one attached hydrogen (secondary N) is 1. The summed E-state index contributed by atoms with van der Waals surface area (Å²) < 4.78 is 5.82. The van der Waals surface area contributed by atoms with Crippen LogP contribution in [-0.2, 0) is 17.8 Å². The highest BCUT2D eigenvalue weighted by atomic mass is 16.3. The van der Waals surface area contributed by atoms with Gasteiger partial charge in [-0.05, 0) is 51.2 Å². The van der Waals surface area contributed by atoms with Crippen molar-refractivity contribution < 1.29 is 9.21 Å². The Kier molecular flexibility index (Phi) is 5.75. The molecule has 1 aliphatic heterocycles. The fourth-order valence-corrected chi connectivity index (χ4v) is 4.14. The lowest BCUT2D eigenvalue weighted by molar-refractivity contribution is -0.125. The second-order valence-electron chi connectivity index (χ2n) is 8.21. The summed E-state index contributed by atoms with van der Waals surface area (Å²) in [7, 11) is 0. The first kappa shape index (κ1) is 20.4. The van der Waals surface area contributed by atoms with Gasteiger partial charge in [0.1, 0.15) is 17.4 Å². The number of piperidine rings is 1. The van der Waals surface area contributed by atoms with Gasteiger partial charge in [-0.1, -0.05) is 31.2 Å². The van der Waals surface area contributed by atoms with Crippen LogP contribution in [0.25, 0.3) is 11.1 Å². The molecule has 1 aromatic carbocycles. The molecule has 0 spiro atoms. The van der Waals surface area contributed by atoms with Gasteiger partial charge in [-0.3, -0.25) is 4.79 Å². The van der Waals surface area contributed by atoms with E-state index in [0.29, 0.717) is 18.1 Å². The molecular weight excluding hydrogens is 376 g/mol. The number of benzene rings is 1. The molecule has 0 unspecified atom stereocenters. The lowest BCUT2D eigenvalue weighted by Gasteiger charge is -2.32. The van der Waals surface area contributed by atoms with Gasteiger partial charge in [0.05, 0.1) is 5.39 Å². The van der Waals surface area contributed by atoms with Crippen molar-refractivity contribution in [2.45, 2.75) is 53.5 Å². The minimum Gasteiger partial charge on any atom is -0.443 e. The average molecular weight is 407 g/mol. The SMILES string of the molecule is CCc1ccc(CNC(=O)C2CCN(c3nc(C)nc4oc(C)c(C)c34)CC2)cc1. The fraction of sp³-hybridized carbons (Fsp3) is 0.458. The van der Waals surface area contributed by atoms with Gasteiger partial charge in [0.2, 0.25) is 11.6 Å². The molecule has 1 fully saturated rings. The molecule has 1 N–H and O–H groups in total. The maximum atomic E-state index is 12.7. The number of nitrogens with zero attached hydrogens (tertiary/aromatic N) is 3. The molecule has 0 atom stereocenters. The standard InChI is InChI=1S/C24H30N4O2/c1-5-18-6-8-19(9-7-18)14-25-23(29)20-10-12-28(13-11-20)22-21-15(2)16(3)30-24(21)27-17(4)26-22/h6-9,20H,5,10-14H2,1-4H3,(H,25,29). The first-order chi connectivity index (χ1) is 14.5. The van der Waals surface area contributed by atoms with E-state index in [9.17, 15) is 4.79 Å².